The molecule has 2 aliphatic rings. The molecule has 23 heavy (non-hydrogen) atoms. The summed E-state index contributed by atoms with van der Waals surface area (Å²) in [6.07, 6.45) is 1.81. The van der Waals surface area contributed by atoms with Crippen LogP contribution in [-0.4, -0.2) is 19.1 Å². The van der Waals surface area contributed by atoms with Gasteiger partial charge in [0.25, 0.3) is 5.91 Å². The third kappa shape index (κ3) is 2.63. The van der Waals surface area contributed by atoms with Crippen molar-refractivity contribution >= 4 is 17.5 Å². The predicted octanol–water partition coefficient (Wildman–Crippen LogP) is 3.53. The molecule has 1 fully saturated rings. The van der Waals surface area contributed by atoms with Gasteiger partial charge in [0.05, 0.1) is 16.1 Å². The Labute approximate surface area is 139 Å². The van der Waals surface area contributed by atoms with Crippen LogP contribution in [0.15, 0.2) is 42.5 Å². The Kier molecular flexibility index (Phi) is 3.42. The fraction of sp³-hybridized carbons (Fsp3) is 0.278. The average molecular weight is 330 g/mol. The molecule has 0 aromatic heterocycles. The maximum atomic E-state index is 12.5. The Bertz CT molecular complexity index is 771. The van der Waals surface area contributed by atoms with Gasteiger partial charge in [0.2, 0.25) is 0 Å². The zero-order valence-electron chi connectivity index (χ0n) is 12.5. The number of nitrogens with one attached hydrogen (secondary N) is 1. The average Bonchev–Trinajstić information content (AvgIpc) is 3.35. The maximum absolute atomic E-state index is 12.5. The summed E-state index contributed by atoms with van der Waals surface area (Å²) >= 11 is 6.11. The van der Waals surface area contributed by atoms with Gasteiger partial charge < -0.3 is 14.8 Å². The molecule has 0 saturated heterocycles. The number of hydrogen-bond donors (Lipinski definition) is 1. The fourth-order valence-corrected chi connectivity index (χ4v) is 3.10. The second kappa shape index (κ2) is 5.46. The van der Waals surface area contributed by atoms with Crippen molar-refractivity contribution < 1.29 is 14.3 Å². The van der Waals surface area contributed by atoms with Gasteiger partial charge in [0.1, 0.15) is 13.2 Å². The Balaban J connectivity index is 1.59. The zero-order valence-corrected chi connectivity index (χ0v) is 13.2. The van der Waals surface area contributed by atoms with E-state index in [-0.39, 0.29) is 11.4 Å². The third-order valence-electron chi connectivity index (χ3n) is 4.32. The summed E-state index contributed by atoms with van der Waals surface area (Å²) in [6.45, 7) is 1.12. The lowest BCUT2D eigenvalue weighted by Gasteiger charge is -2.23. The van der Waals surface area contributed by atoms with E-state index in [1.54, 1.807) is 12.1 Å². The molecular weight excluding hydrogens is 314 g/mol. The molecule has 0 unspecified atom stereocenters. The van der Waals surface area contributed by atoms with E-state index < -0.39 is 0 Å². The summed E-state index contributed by atoms with van der Waals surface area (Å²) in [5.41, 5.74) is 1.21. The summed E-state index contributed by atoms with van der Waals surface area (Å²) in [4.78, 5) is 12.5. The number of halogens is 1. The monoisotopic (exact) mass is 329 g/mol. The second-order valence-corrected chi connectivity index (χ2v) is 6.28. The molecule has 1 amide bonds. The van der Waals surface area contributed by atoms with Gasteiger partial charge in [0.15, 0.2) is 11.5 Å². The van der Waals surface area contributed by atoms with Gasteiger partial charge in [-0.05, 0) is 42.7 Å². The number of benzene rings is 2. The van der Waals surface area contributed by atoms with Gasteiger partial charge in [-0.2, -0.15) is 0 Å². The first kappa shape index (κ1) is 14.4. The Morgan fingerprint density at radius 3 is 2.52 bits per heavy atom. The molecule has 1 heterocycles. The highest BCUT2D eigenvalue weighted by atomic mass is 35.5. The standard InChI is InChI=1S/C18H16ClNO3/c19-14-4-2-1-3-13(14)17(21)20-18(7-8-18)12-5-6-15-16(11-12)23-10-9-22-15/h1-6,11H,7-10H2,(H,20,21). The number of amides is 1. The second-order valence-electron chi connectivity index (χ2n) is 5.87. The van der Waals surface area contributed by atoms with Gasteiger partial charge in [-0.1, -0.05) is 29.8 Å². The Morgan fingerprint density at radius 1 is 1.04 bits per heavy atom. The lowest BCUT2D eigenvalue weighted by atomic mass is 10.0. The van der Waals surface area contributed by atoms with Crippen molar-refractivity contribution in [1.82, 2.24) is 5.32 Å². The van der Waals surface area contributed by atoms with E-state index in [9.17, 15) is 4.79 Å². The quantitative estimate of drug-likeness (QED) is 0.937. The molecule has 2 aromatic rings. The molecule has 0 spiro atoms. The number of rotatable bonds is 3. The number of fused-ring (bicyclic) bond motifs is 1. The van der Waals surface area contributed by atoms with Crippen LogP contribution < -0.4 is 14.8 Å². The molecule has 0 atom stereocenters. The first-order valence-electron chi connectivity index (χ1n) is 7.65. The SMILES string of the molecule is O=C(NC1(c2ccc3c(c2)OCCO3)CC1)c1ccccc1Cl. The molecule has 1 saturated carbocycles. The Hall–Kier alpha value is -2.20. The highest BCUT2D eigenvalue weighted by Crippen LogP contribution is 2.48. The van der Waals surface area contributed by atoms with E-state index in [4.69, 9.17) is 21.1 Å². The van der Waals surface area contributed by atoms with Crippen molar-refractivity contribution in [2.24, 2.45) is 0 Å². The molecular formula is C18H16ClNO3. The molecule has 4 rings (SSSR count). The molecule has 1 aliphatic heterocycles. The molecule has 1 N–H and O–H groups in total. The van der Waals surface area contributed by atoms with Crippen LogP contribution in [0.3, 0.4) is 0 Å². The number of ether oxygens (including phenoxy) is 2. The van der Waals surface area contributed by atoms with E-state index in [1.807, 2.05) is 30.3 Å². The molecule has 4 nitrogen and oxygen atoms in total. The summed E-state index contributed by atoms with van der Waals surface area (Å²) < 4.78 is 11.2. The van der Waals surface area contributed by atoms with Crippen molar-refractivity contribution in [3.05, 3.63) is 58.6 Å². The van der Waals surface area contributed by atoms with E-state index in [1.165, 1.54) is 0 Å². The van der Waals surface area contributed by atoms with Crippen LogP contribution in [0.25, 0.3) is 0 Å². The largest absolute Gasteiger partial charge is 0.486 e. The van der Waals surface area contributed by atoms with Gasteiger partial charge >= 0.3 is 0 Å². The molecule has 2 aromatic carbocycles. The maximum Gasteiger partial charge on any atom is 0.253 e. The number of carbonyl (C=O) groups excluding carboxylic acids is 1. The van der Waals surface area contributed by atoms with Crippen LogP contribution in [0.1, 0.15) is 28.8 Å². The minimum atomic E-state index is -0.327. The van der Waals surface area contributed by atoms with Gasteiger partial charge in [-0.15, -0.1) is 0 Å². The summed E-state index contributed by atoms with van der Waals surface area (Å²) in [5, 5.41) is 3.59. The van der Waals surface area contributed by atoms with Crippen molar-refractivity contribution in [1.29, 1.82) is 0 Å². The van der Waals surface area contributed by atoms with E-state index >= 15 is 0 Å². The van der Waals surface area contributed by atoms with Crippen molar-refractivity contribution in [2.75, 3.05) is 13.2 Å². The molecule has 0 bridgehead atoms. The Morgan fingerprint density at radius 2 is 1.78 bits per heavy atom. The van der Waals surface area contributed by atoms with Crippen LogP contribution in [0, 0.1) is 0 Å². The molecule has 5 heteroatoms. The van der Waals surface area contributed by atoms with Crippen LogP contribution in [0.5, 0.6) is 11.5 Å². The third-order valence-corrected chi connectivity index (χ3v) is 4.65. The summed E-state index contributed by atoms with van der Waals surface area (Å²) in [6, 6.07) is 12.9. The highest BCUT2D eigenvalue weighted by Gasteiger charge is 2.46. The van der Waals surface area contributed by atoms with Gasteiger partial charge in [0, 0.05) is 0 Å². The van der Waals surface area contributed by atoms with E-state index in [2.05, 4.69) is 5.32 Å². The van der Waals surface area contributed by atoms with E-state index in [0.29, 0.717) is 23.8 Å². The van der Waals surface area contributed by atoms with Crippen molar-refractivity contribution in [3.8, 4) is 11.5 Å². The van der Waals surface area contributed by atoms with Crippen molar-refractivity contribution in [3.63, 3.8) is 0 Å². The summed E-state index contributed by atoms with van der Waals surface area (Å²) in [5.74, 6) is 1.35. The molecule has 0 radical (unpaired) electrons. The minimum absolute atomic E-state index is 0.150. The predicted molar refractivity (Wildman–Crippen MR) is 87.3 cm³/mol. The lowest BCUT2D eigenvalue weighted by molar-refractivity contribution is 0.0930. The smallest absolute Gasteiger partial charge is 0.253 e. The zero-order chi connectivity index (χ0) is 15.9. The molecule has 118 valence electrons. The number of carbonyl (C=O) groups is 1. The number of hydrogen-bond acceptors (Lipinski definition) is 3. The lowest BCUT2D eigenvalue weighted by Crippen LogP contribution is -2.35. The van der Waals surface area contributed by atoms with Crippen LogP contribution in [0.4, 0.5) is 0 Å². The topological polar surface area (TPSA) is 47.6 Å². The van der Waals surface area contributed by atoms with Crippen LogP contribution in [-0.2, 0) is 5.54 Å². The normalized spacial score (nSPS) is 17.4. The van der Waals surface area contributed by atoms with Gasteiger partial charge in [-0.25, -0.2) is 0 Å². The van der Waals surface area contributed by atoms with Gasteiger partial charge in [-0.3, -0.25) is 4.79 Å². The van der Waals surface area contributed by atoms with E-state index in [0.717, 1.165) is 29.9 Å². The van der Waals surface area contributed by atoms with Crippen molar-refractivity contribution in [2.45, 2.75) is 18.4 Å². The first-order valence-corrected chi connectivity index (χ1v) is 8.03. The van der Waals surface area contributed by atoms with Crippen LogP contribution in [0.2, 0.25) is 5.02 Å². The molecule has 1 aliphatic carbocycles. The fourth-order valence-electron chi connectivity index (χ4n) is 2.88. The summed E-state index contributed by atoms with van der Waals surface area (Å²) in [7, 11) is 0. The highest BCUT2D eigenvalue weighted by molar-refractivity contribution is 6.33. The first-order chi connectivity index (χ1) is 11.2. The van der Waals surface area contributed by atoms with Crippen LogP contribution >= 0.6 is 11.6 Å². The minimum Gasteiger partial charge on any atom is -0.486 e.